The van der Waals surface area contributed by atoms with Gasteiger partial charge in [0.05, 0.1) is 47.7 Å². The molecule has 1 fully saturated rings. The van der Waals surface area contributed by atoms with Crippen LogP contribution >= 0.6 is 12.4 Å². The largest absolute Gasteiger partial charge is 0.507 e. The number of rotatable bonds is 3. The molecule has 200 valence electrons. The zero-order valence-electron chi connectivity index (χ0n) is 20.6. The summed E-state index contributed by atoms with van der Waals surface area (Å²) in [6.07, 6.45) is -3.28. The van der Waals surface area contributed by atoms with Crippen molar-refractivity contribution in [2.45, 2.75) is 69.4 Å². The number of ketones is 2. The molecule has 0 bridgehead atoms. The molecule has 0 amide bonds. The van der Waals surface area contributed by atoms with E-state index in [1.807, 2.05) is 0 Å². The molecule has 10 nitrogen and oxygen atoms in total. The van der Waals surface area contributed by atoms with Crippen molar-refractivity contribution in [1.29, 1.82) is 0 Å². The van der Waals surface area contributed by atoms with E-state index in [4.69, 9.17) is 19.9 Å². The highest BCUT2D eigenvalue weighted by Crippen LogP contribution is 2.52. The molecule has 1 heterocycles. The summed E-state index contributed by atoms with van der Waals surface area (Å²) in [7, 11) is 1.37. The summed E-state index contributed by atoms with van der Waals surface area (Å²) < 4.78 is 17.1. The molecule has 1 aliphatic heterocycles. The van der Waals surface area contributed by atoms with Crippen molar-refractivity contribution < 1.29 is 44.2 Å². The number of ether oxygens (including phenoxy) is 3. The molecular formula is C26H30ClNO9. The second-order valence-electron chi connectivity index (χ2n) is 10.0. The lowest BCUT2D eigenvalue weighted by Crippen LogP contribution is -2.52. The van der Waals surface area contributed by atoms with Crippen molar-refractivity contribution in [2.24, 2.45) is 5.73 Å². The summed E-state index contributed by atoms with van der Waals surface area (Å²) in [5.41, 5.74) is 4.27. The molecule has 1 saturated heterocycles. The van der Waals surface area contributed by atoms with E-state index in [0.29, 0.717) is 0 Å². The third kappa shape index (κ3) is 4.27. The van der Waals surface area contributed by atoms with E-state index < -0.39 is 59.3 Å². The van der Waals surface area contributed by atoms with Crippen molar-refractivity contribution in [3.63, 3.8) is 0 Å². The molecule has 2 aliphatic carbocycles. The average Bonchev–Trinajstić information content (AvgIpc) is 2.81. The van der Waals surface area contributed by atoms with Gasteiger partial charge in [-0.3, -0.25) is 9.59 Å². The number of hydrogen-bond acceptors (Lipinski definition) is 10. The van der Waals surface area contributed by atoms with E-state index in [0.717, 1.165) is 0 Å². The van der Waals surface area contributed by atoms with Crippen LogP contribution in [0.3, 0.4) is 0 Å². The van der Waals surface area contributed by atoms with Gasteiger partial charge in [-0.1, -0.05) is 12.1 Å². The minimum absolute atomic E-state index is 0. The highest BCUT2D eigenvalue weighted by Gasteiger charge is 2.46. The minimum Gasteiger partial charge on any atom is -0.507 e. The Hall–Kier alpha value is -2.73. The Morgan fingerprint density at radius 2 is 1.78 bits per heavy atom. The summed E-state index contributed by atoms with van der Waals surface area (Å²) in [5.74, 6) is -2.12. The van der Waals surface area contributed by atoms with E-state index in [9.17, 15) is 30.0 Å². The fourth-order valence-electron chi connectivity index (χ4n) is 5.57. The monoisotopic (exact) mass is 535 g/mol. The van der Waals surface area contributed by atoms with E-state index in [1.54, 1.807) is 19.9 Å². The molecule has 3 aliphatic rings. The molecule has 4 unspecified atom stereocenters. The predicted octanol–water partition coefficient (Wildman–Crippen LogP) is 1.88. The molecule has 0 spiro atoms. The van der Waals surface area contributed by atoms with Crippen molar-refractivity contribution >= 4 is 24.0 Å². The van der Waals surface area contributed by atoms with Gasteiger partial charge >= 0.3 is 0 Å². The fourth-order valence-corrected chi connectivity index (χ4v) is 5.57. The number of phenols is 2. The van der Waals surface area contributed by atoms with Crippen LogP contribution in [-0.2, 0) is 15.9 Å². The SMILES string of the molecule is COc1cccc2c1C(=O)c1c(O)c3c(c(O)c1C2=O)C[C@](C)(O)C[C@@H]3OC1CC(N)C(O)C(C)O1.Cl. The third-order valence-corrected chi connectivity index (χ3v) is 7.33. The number of nitrogens with two attached hydrogens (primary N) is 1. The van der Waals surface area contributed by atoms with Gasteiger partial charge in [0.1, 0.15) is 17.2 Å². The molecule has 0 radical (unpaired) electrons. The summed E-state index contributed by atoms with van der Waals surface area (Å²) in [6, 6.07) is 3.94. The summed E-state index contributed by atoms with van der Waals surface area (Å²) in [5, 5.41) is 43.7. The van der Waals surface area contributed by atoms with Gasteiger partial charge < -0.3 is 40.4 Å². The smallest absolute Gasteiger partial charge is 0.202 e. The van der Waals surface area contributed by atoms with E-state index in [2.05, 4.69) is 0 Å². The summed E-state index contributed by atoms with van der Waals surface area (Å²) in [4.78, 5) is 27.0. The molecule has 6 atom stereocenters. The van der Waals surface area contributed by atoms with Crippen LogP contribution in [0.5, 0.6) is 17.2 Å². The Morgan fingerprint density at radius 3 is 2.43 bits per heavy atom. The van der Waals surface area contributed by atoms with Crippen LogP contribution in [0.25, 0.3) is 0 Å². The second-order valence-corrected chi connectivity index (χ2v) is 10.0. The molecule has 0 saturated carbocycles. The van der Waals surface area contributed by atoms with Gasteiger partial charge in [0.2, 0.25) is 5.78 Å². The molecule has 2 aromatic carbocycles. The molecule has 2 aromatic rings. The van der Waals surface area contributed by atoms with Crippen LogP contribution in [0.4, 0.5) is 0 Å². The van der Waals surface area contributed by atoms with Gasteiger partial charge in [0, 0.05) is 42.0 Å². The predicted molar refractivity (Wildman–Crippen MR) is 133 cm³/mol. The lowest BCUT2D eigenvalue weighted by molar-refractivity contribution is -0.247. The number of benzene rings is 2. The van der Waals surface area contributed by atoms with Crippen LogP contribution in [0, 0.1) is 0 Å². The maximum atomic E-state index is 13.6. The maximum absolute atomic E-state index is 13.6. The molecule has 0 aromatic heterocycles. The van der Waals surface area contributed by atoms with Crippen LogP contribution in [0.15, 0.2) is 18.2 Å². The van der Waals surface area contributed by atoms with Crippen molar-refractivity contribution in [3.8, 4) is 17.2 Å². The highest BCUT2D eigenvalue weighted by molar-refractivity contribution is 6.31. The maximum Gasteiger partial charge on any atom is 0.202 e. The number of aliphatic hydroxyl groups is 2. The number of halogens is 1. The van der Waals surface area contributed by atoms with Crippen molar-refractivity contribution in [1.82, 2.24) is 0 Å². The molecular weight excluding hydrogens is 506 g/mol. The van der Waals surface area contributed by atoms with E-state index >= 15 is 0 Å². The molecule has 11 heteroatoms. The minimum atomic E-state index is -1.36. The second kappa shape index (κ2) is 9.54. The van der Waals surface area contributed by atoms with Gasteiger partial charge in [0.25, 0.3) is 0 Å². The van der Waals surface area contributed by atoms with E-state index in [-0.39, 0.29) is 70.8 Å². The van der Waals surface area contributed by atoms with Gasteiger partial charge in [-0.2, -0.15) is 0 Å². The number of carbonyl (C=O) groups excluding carboxylic acids is 2. The lowest BCUT2D eigenvalue weighted by atomic mass is 9.73. The number of aromatic hydroxyl groups is 2. The van der Waals surface area contributed by atoms with Crippen molar-refractivity contribution in [2.75, 3.05) is 7.11 Å². The van der Waals surface area contributed by atoms with Gasteiger partial charge in [0.15, 0.2) is 12.1 Å². The Bertz CT molecular complexity index is 1270. The van der Waals surface area contributed by atoms with Crippen LogP contribution < -0.4 is 10.5 Å². The van der Waals surface area contributed by atoms with E-state index in [1.165, 1.54) is 19.2 Å². The Balaban J connectivity index is 0.00000320. The summed E-state index contributed by atoms with van der Waals surface area (Å²) >= 11 is 0. The first kappa shape index (κ1) is 27.3. The quantitative estimate of drug-likeness (QED) is 0.312. The zero-order chi connectivity index (χ0) is 26.1. The average molecular weight is 536 g/mol. The zero-order valence-corrected chi connectivity index (χ0v) is 21.4. The first-order chi connectivity index (χ1) is 16.9. The lowest BCUT2D eigenvalue weighted by Gasteiger charge is -2.41. The third-order valence-electron chi connectivity index (χ3n) is 7.33. The normalized spacial score (nSPS) is 30.6. The molecule has 37 heavy (non-hydrogen) atoms. The number of carbonyl (C=O) groups is 2. The highest BCUT2D eigenvalue weighted by atomic mass is 35.5. The fraction of sp³-hybridized carbons (Fsp3) is 0.462. The standard InChI is InChI=1S/C26H29NO9.ClH/c1-10-21(28)13(27)7-16(35-10)36-15-9-26(2,33)8-12-18(15)25(32)20-19(23(12)30)22(29)11-5-4-6-14(34-3)17(11)24(20)31;/h4-6,10,13,15-16,21,28,30,32-33H,7-9,27H2,1-3H3;1H/t10?,13?,15-,16?,21?,26-;/m0./s1. The van der Waals surface area contributed by atoms with Gasteiger partial charge in [-0.15, -0.1) is 12.4 Å². The number of aliphatic hydroxyl groups excluding tert-OH is 1. The Morgan fingerprint density at radius 1 is 1.11 bits per heavy atom. The van der Waals surface area contributed by atoms with Crippen LogP contribution in [0.1, 0.15) is 75.8 Å². The molecule has 6 N–H and O–H groups in total. The Labute approximate surface area is 219 Å². The summed E-state index contributed by atoms with van der Waals surface area (Å²) in [6.45, 7) is 3.20. The number of fused-ring (bicyclic) bond motifs is 3. The first-order valence-corrected chi connectivity index (χ1v) is 11.8. The van der Waals surface area contributed by atoms with Crippen LogP contribution in [-0.4, -0.2) is 69.2 Å². The number of methoxy groups -OCH3 is 1. The number of hydrogen-bond donors (Lipinski definition) is 5. The van der Waals surface area contributed by atoms with Crippen LogP contribution in [0.2, 0.25) is 0 Å². The Kier molecular flexibility index (Phi) is 7.04. The first-order valence-electron chi connectivity index (χ1n) is 11.8. The van der Waals surface area contributed by atoms with Gasteiger partial charge in [-0.25, -0.2) is 0 Å². The van der Waals surface area contributed by atoms with Gasteiger partial charge in [-0.05, 0) is 19.9 Å². The molecule has 5 rings (SSSR count). The van der Waals surface area contributed by atoms with Crippen molar-refractivity contribution in [3.05, 3.63) is 51.6 Å². The number of phenolic OH excluding ortho intramolecular Hbond substituents is 2. The topological polar surface area (TPSA) is 169 Å².